The van der Waals surface area contributed by atoms with Gasteiger partial charge in [-0.25, -0.2) is 0 Å². The first-order valence-electron chi connectivity index (χ1n) is 12.1. The Morgan fingerprint density at radius 3 is 1.52 bits per heavy atom. The van der Waals surface area contributed by atoms with Gasteiger partial charge in [-0.1, -0.05) is 51.0 Å². The van der Waals surface area contributed by atoms with E-state index in [1.807, 2.05) is 13.8 Å². The van der Waals surface area contributed by atoms with Crippen LogP contribution >= 0.6 is 0 Å². The smallest absolute Gasteiger partial charge is 0.220 e. The molecule has 0 aromatic rings. The number of allylic oxidation sites excluding steroid dienone is 4. The molecular formula is C25H47N3O3. The molecule has 0 heterocycles. The molecule has 0 fully saturated rings. The number of aliphatic hydroxyl groups excluding tert-OH is 1. The maximum atomic E-state index is 12.1. The van der Waals surface area contributed by atoms with Crippen LogP contribution in [-0.4, -0.2) is 59.6 Å². The Morgan fingerprint density at radius 1 is 0.774 bits per heavy atom. The molecule has 0 aliphatic rings. The highest BCUT2D eigenvalue weighted by molar-refractivity contribution is 5.76. The second-order valence-corrected chi connectivity index (χ2v) is 8.45. The summed E-state index contributed by atoms with van der Waals surface area (Å²) in [5.74, 6) is 0.0872. The Hall–Kier alpha value is -1.66. The molecule has 0 aliphatic carbocycles. The maximum absolute atomic E-state index is 12.1. The lowest BCUT2D eigenvalue weighted by atomic mass is 10.1. The molecule has 0 rings (SSSR count). The Morgan fingerprint density at radius 2 is 1.16 bits per heavy atom. The number of unbranched alkanes of at least 4 members (excludes halogenated alkanes) is 2. The number of carbonyl (C=O) groups is 2. The molecule has 0 aromatic carbocycles. The van der Waals surface area contributed by atoms with E-state index in [-0.39, 0.29) is 23.9 Å². The van der Waals surface area contributed by atoms with Crippen LogP contribution in [0.1, 0.15) is 86.0 Å². The largest absolute Gasteiger partial charge is 0.392 e. The van der Waals surface area contributed by atoms with Crippen molar-refractivity contribution in [2.75, 3.05) is 19.6 Å². The summed E-state index contributed by atoms with van der Waals surface area (Å²) >= 11 is 0. The second-order valence-electron chi connectivity index (χ2n) is 8.45. The Bertz CT molecular complexity index is 490. The third-order valence-corrected chi connectivity index (χ3v) is 5.12. The molecule has 180 valence electrons. The van der Waals surface area contributed by atoms with Crippen molar-refractivity contribution in [1.82, 2.24) is 15.5 Å². The number of hydrogen-bond acceptors (Lipinski definition) is 4. The van der Waals surface area contributed by atoms with Gasteiger partial charge in [-0.15, -0.1) is 0 Å². The Labute approximate surface area is 190 Å². The van der Waals surface area contributed by atoms with Crippen molar-refractivity contribution in [2.45, 2.75) is 104 Å². The zero-order valence-corrected chi connectivity index (χ0v) is 20.5. The van der Waals surface area contributed by atoms with Crippen molar-refractivity contribution >= 4 is 11.8 Å². The third-order valence-electron chi connectivity index (χ3n) is 5.12. The third kappa shape index (κ3) is 16.7. The molecule has 2 amide bonds. The van der Waals surface area contributed by atoms with Gasteiger partial charge in [0.1, 0.15) is 0 Å². The van der Waals surface area contributed by atoms with Crippen molar-refractivity contribution in [1.29, 1.82) is 0 Å². The lowest BCUT2D eigenvalue weighted by molar-refractivity contribution is -0.121. The van der Waals surface area contributed by atoms with Crippen LogP contribution < -0.4 is 10.6 Å². The van der Waals surface area contributed by atoms with E-state index in [2.05, 4.69) is 53.7 Å². The van der Waals surface area contributed by atoms with Crippen LogP contribution in [0.5, 0.6) is 0 Å². The predicted molar refractivity (Wildman–Crippen MR) is 130 cm³/mol. The minimum absolute atomic E-state index is 0.0436. The molecule has 0 radical (unpaired) electrons. The first-order chi connectivity index (χ1) is 14.8. The molecule has 0 saturated heterocycles. The van der Waals surface area contributed by atoms with E-state index in [1.54, 1.807) is 6.92 Å². The minimum atomic E-state index is -0.483. The topological polar surface area (TPSA) is 81.7 Å². The van der Waals surface area contributed by atoms with Crippen LogP contribution in [0.3, 0.4) is 0 Å². The molecule has 3 atom stereocenters. The zero-order valence-electron chi connectivity index (χ0n) is 20.5. The summed E-state index contributed by atoms with van der Waals surface area (Å²) in [6.07, 6.45) is 14.7. The van der Waals surface area contributed by atoms with Gasteiger partial charge in [0.15, 0.2) is 0 Å². The summed E-state index contributed by atoms with van der Waals surface area (Å²) in [5, 5.41) is 15.9. The molecule has 3 unspecified atom stereocenters. The van der Waals surface area contributed by atoms with E-state index in [9.17, 15) is 14.7 Å². The summed E-state index contributed by atoms with van der Waals surface area (Å²) in [4.78, 5) is 26.3. The van der Waals surface area contributed by atoms with Gasteiger partial charge in [-0.3, -0.25) is 14.5 Å². The van der Waals surface area contributed by atoms with Crippen LogP contribution in [0.25, 0.3) is 0 Å². The fourth-order valence-corrected chi connectivity index (χ4v) is 3.27. The molecule has 31 heavy (non-hydrogen) atoms. The van der Waals surface area contributed by atoms with Gasteiger partial charge >= 0.3 is 0 Å². The van der Waals surface area contributed by atoms with Crippen LogP contribution in [0.4, 0.5) is 0 Å². The molecule has 0 saturated carbocycles. The first kappa shape index (κ1) is 29.3. The van der Waals surface area contributed by atoms with Crippen molar-refractivity contribution in [3.8, 4) is 0 Å². The van der Waals surface area contributed by atoms with Crippen LogP contribution in [-0.2, 0) is 9.59 Å². The van der Waals surface area contributed by atoms with E-state index in [1.165, 1.54) is 0 Å². The summed E-state index contributed by atoms with van der Waals surface area (Å²) in [6.45, 7) is 11.6. The summed E-state index contributed by atoms with van der Waals surface area (Å²) in [5.41, 5.74) is 0. The second kappa shape index (κ2) is 19.1. The summed E-state index contributed by atoms with van der Waals surface area (Å²) in [6, 6.07) is 0.108. The van der Waals surface area contributed by atoms with Crippen molar-refractivity contribution in [3.63, 3.8) is 0 Å². The standard InChI is InChI=1S/C25H47N3O3/c1-6-8-10-12-14-16-24(30)26-18-21(3)28(20-23(5)29)22(4)19-27-25(31)17-15-13-11-9-7-2/h10-13,21-23,29H,6-9,14-20H2,1-5H3,(H,26,30)(H,27,31)/b12-10+,13-11+. The molecule has 0 spiro atoms. The molecule has 0 bridgehead atoms. The maximum Gasteiger partial charge on any atom is 0.220 e. The number of rotatable bonds is 18. The first-order valence-corrected chi connectivity index (χ1v) is 12.1. The zero-order chi connectivity index (χ0) is 23.5. The van der Waals surface area contributed by atoms with Gasteiger partial charge in [0, 0.05) is 44.6 Å². The molecule has 3 N–H and O–H groups in total. The lowest BCUT2D eigenvalue weighted by Crippen LogP contribution is -2.52. The van der Waals surface area contributed by atoms with E-state index in [4.69, 9.17) is 0 Å². The summed E-state index contributed by atoms with van der Waals surface area (Å²) < 4.78 is 0. The highest BCUT2D eigenvalue weighted by Crippen LogP contribution is 2.07. The lowest BCUT2D eigenvalue weighted by Gasteiger charge is -2.35. The number of aliphatic hydroxyl groups is 1. The Balaban J connectivity index is 4.44. The van der Waals surface area contributed by atoms with E-state index in [0.29, 0.717) is 32.5 Å². The van der Waals surface area contributed by atoms with Gasteiger partial charge in [0.25, 0.3) is 0 Å². The SMILES string of the molecule is CCC/C=C/CCC(=O)NCC(C)N(CC(C)O)C(C)CNC(=O)CC/C=C/CCC. The van der Waals surface area contributed by atoms with Gasteiger partial charge < -0.3 is 15.7 Å². The molecule has 6 nitrogen and oxygen atoms in total. The highest BCUT2D eigenvalue weighted by atomic mass is 16.3. The number of carbonyl (C=O) groups excluding carboxylic acids is 2. The van der Waals surface area contributed by atoms with Gasteiger partial charge in [-0.05, 0) is 46.5 Å². The number of nitrogens with zero attached hydrogens (tertiary/aromatic N) is 1. The average Bonchev–Trinajstić information content (AvgIpc) is 2.73. The average molecular weight is 438 g/mol. The van der Waals surface area contributed by atoms with Crippen LogP contribution in [0.15, 0.2) is 24.3 Å². The van der Waals surface area contributed by atoms with Crippen molar-refractivity contribution in [3.05, 3.63) is 24.3 Å². The normalized spacial score (nSPS) is 14.8. The molecule has 0 aromatic heterocycles. The van der Waals surface area contributed by atoms with Crippen molar-refractivity contribution in [2.24, 2.45) is 0 Å². The van der Waals surface area contributed by atoms with Gasteiger partial charge in [0.05, 0.1) is 6.10 Å². The minimum Gasteiger partial charge on any atom is -0.392 e. The van der Waals surface area contributed by atoms with E-state index < -0.39 is 6.10 Å². The monoisotopic (exact) mass is 437 g/mol. The number of hydrogen-bond donors (Lipinski definition) is 3. The summed E-state index contributed by atoms with van der Waals surface area (Å²) in [7, 11) is 0. The highest BCUT2D eigenvalue weighted by Gasteiger charge is 2.22. The molecule has 6 heteroatoms. The van der Waals surface area contributed by atoms with E-state index >= 15 is 0 Å². The van der Waals surface area contributed by atoms with Gasteiger partial charge in [-0.2, -0.15) is 0 Å². The quantitative estimate of drug-likeness (QED) is 0.284. The number of amides is 2. The van der Waals surface area contributed by atoms with Gasteiger partial charge in [0.2, 0.25) is 11.8 Å². The predicted octanol–water partition coefficient (Wildman–Crippen LogP) is 3.95. The van der Waals surface area contributed by atoms with Crippen LogP contribution in [0, 0.1) is 0 Å². The van der Waals surface area contributed by atoms with E-state index in [0.717, 1.165) is 38.5 Å². The number of nitrogens with one attached hydrogen (secondary N) is 2. The molecule has 0 aliphatic heterocycles. The fourth-order valence-electron chi connectivity index (χ4n) is 3.27. The van der Waals surface area contributed by atoms with Crippen molar-refractivity contribution < 1.29 is 14.7 Å². The molecular weight excluding hydrogens is 390 g/mol. The Kier molecular flexibility index (Phi) is 18.0. The van der Waals surface area contributed by atoms with Crippen LogP contribution in [0.2, 0.25) is 0 Å². The fraction of sp³-hybridized carbons (Fsp3) is 0.760.